The summed E-state index contributed by atoms with van der Waals surface area (Å²) in [4.78, 5) is 22.0. The number of nitrogens with zero attached hydrogens (tertiary/aromatic N) is 2. The van der Waals surface area contributed by atoms with Gasteiger partial charge in [-0.05, 0) is 39.8 Å². The zero-order valence-corrected chi connectivity index (χ0v) is 11.9. The molecule has 0 aliphatic rings. The molecule has 0 aliphatic carbocycles. The van der Waals surface area contributed by atoms with Crippen LogP contribution in [0.2, 0.25) is 0 Å². The molecule has 0 N–H and O–H groups in total. The number of rotatable bonds is 3. The average molecular weight is 260 g/mol. The van der Waals surface area contributed by atoms with Crippen molar-refractivity contribution in [2.24, 2.45) is 0 Å². The van der Waals surface area contributed by atoms with E-state index in [9.17, 15) is 4.79 Å². The number of aromatic nitrogens is 2. The standard InChI is InChI=1S/C14H16N2OS/c1-8-5-12(6-9(2)15-8)13(17)7-14-16-10(3)11(4)18-14/h5-6H,7H2,1-4H3. The third-order valence-corrected chi connectivity index (χ3v) is 3.86. The molecule has 0 aliphatic heterocycles. The van der Waals surface area contributed by atoms with Crippen molar-refractivity contribution < 1.29 is 4.79 Å². The van der Waals surface area contributed by atoms with Crippen LogP contribution in [0.15, 0.2) is 12.1 Å². The molecule has 2 rings (SSSR count). The van der Waals surface area contributed by atoms with Gasteiger partial charge in [0, 0.05) is 21.8 Å². The molecule has 0 saturated heterocycles. The van der Waals surface area contributed by atoms with Crippen LogP contribution in [-0.4, -0.2) is 15.8 Å². The minimum atomic E-state index is 0.109. The summed E-state index contributed by atoms with van der Waals surface area (Å²) >= 11 is 1.60. The van der Waals surface area contributed by atoms with Crippen LogP contribution >= 0.6 is 11.3 Å². The molecule has 18 heavy (non-hydrogen) atoms. The van der Waals surface area contributed by atoms with E-state index in [0.717, 1.165) is 27.7 Å². The van der Waals surface area contributed by atoms with E-state index >= 15 is 0 Å². The van der Waals surface area contributed by atoms with E-state index in [1.54, 1.807) is 11.3 Å². The molecule has 3 nitrogen and oxygen atoms in total. The van der Waals surface area contributed by atoms with Gasteiger partial charge in [-0.25, -0.2) is 4.98 Å². The van der Waals surface area contributed by atoms with Gasteiger partial charge >= 0.3 is 0 Å². The van der Waals surface area contributed by atoms with Crippen molar-refractivity contribution in [1.29, 1.82) is 0 Å². The van der Waals surface area contributed by atoms with Crippen LogP contribution in [0.5, 0.6) is 0 Å². The molecule has 0 fully saturated rings. The van der Waals surface area contributed by atoms with Gasteiger partial charge in [0.2, 0.25) is 0 Å². The van der Waals surface area contributed by atoms with Gasteiger partial charge in [0.15, 0.2) is 5.78 Å². The molecular formula is C14H16N2OS. The predicted octanol–water partition coefficient (Wildman–Crippen LogP) is 3.20. The predicted molar refractivity (Wildman–Crippen MR) is 73.3 cm³/mol. The maximum Gasteiger partial charge on any atom is 0.169 e. The third-order valence-electron chi connectivity index (χ3n) is 2.79. The molecule has 2 aromatic heterocycles. The highest BCUT2D eigenvalue weighted by molar-refractivity contribution is 7.11. The lowest BCUT2D eigenvalue weighted by atomic mass is 10.1. The average Bonchev–Trinajstić information content (AvgIpc) is 2.56. The normalized spacial score (nSPS) is 10.7. The van der Waals surface area contributed by atoms with E-state index in [1.165, 1.54) is 4.88 Å². The summed E-state index contributed by atoms with van der Waals surface area (Å²) in [7, 11) is 0. The summed E-state index contributed by atoms with van der Waals surface area (Å²) in [5.41, 5.74) is 3.50. The second kappa shape index (κ2) is 4.98. The van der Waals surface area contributed by atoms with Gasteiger partial charge in [-0.3, -0.25) is 9.78 Å². The first-order valence-corrected chi connectivity index (χ1v) is 6.69. The van der Waals surface area contributed by atoms with Crippen molar-refractivity contribution in [3.8, 4) is 0 Å². The Morgan fingerprint density at radius 3 is 2.22 bits per heavy atom. The Balaban J connectivity index is 2.21. The van der Waals surface area contributed by atoms with Gasteiger partial charge in [0.25, 0.3) is 0 Å². The quantitative estimate of drug-likeness (QED) is 0.796. The first-order chi connectivity index (χ1) is 8.45. The van der Waals surface area contributed by atoms with Crippen LogP contribution in [0.25, 0.3) is 0 Å². The number of thiazole rings is 1. The largest absolute Gasteiger partial charge is 0.294 e. The molecule has 0 aromatic carbocycles. The summed E-state index contributed by atoms with van der Waals surface area (Å²) in [5, 5.41) is 0.891. The minimum absolute atomic E-state index is 0.109. The van der Waals surface area contributed by atoms with Gasteiger partial charge in [0.05, 0.1) is 12.1 Å². The Morgan fingerprint density at radius 2 is 1.72 bits per heavy atom. The highest BCUT2D eigenvalue weighted by Crippen LogP contribution is 2.18. The van der Waals surface area contributed by atoms with Crippen molar-refractivity contribution in [1.82, 2.24) is 9.97 Å². The monoisotopic (exact) mass is 260 g/mol. The van der Waals surface area contributed by atoms with E-state index < -0.39 is 0 Å². The van der Waals surface area contributed by atoms with E-state index in [-0.39, 0.29) is 5.78 Å². The summed E-state index contributed by atoms with van der Waals surface area (Å²) in [5.74, 6) is 0.109. The van der Waals surface area contributed by atoms with Crippen molar-refractivity contribution in [2.75, 3.05) is 0 Å². The number of Topliss-reactive ketones (excluding diaryl/α,β-unsaturated/α-hetero) is 1. The molecule has 0 bridgehead atoms. The number of hydrogen-bond donors (Lipinski definition) is 0. The lowest BCUT2D eigenvalue weighted by Gasteiger charge is -2.02. The van der Waals surface area contributed by atoms with Crippen LogP contribution in [0.3, 0.4) is 0 Å². The smallest absolute Gasteiger partial charge is 0.169 e. The number of ketones is 1. The number of hydrogen-bond acceptors (Lipinski definition) is 4. The number of carbonyl (C=O) groups excluding carboxylic acids is 1. The third kappa shape index (κ3) is 2.82. The molecule has 94 valence electrons. The molecule has 0 unspecified atom stereocenters. The fourth-order valence-corrected chi connectivity index (χ4v) is 2.78. The topological polar surface area (TPSA) is 42.9 Å². The lowest BCUT2D eigenvalue weighted by molar-refractivity contribution is 0.0992. The molecule has 0 radical (unpaired) electrons. The van der Waals surface area contributed by atoms with E-state index in [0.29, 0.717) is 6.42 Å². The molecule has 4 heteroatoms. The highest BCUT2D eigenvalue weighted by Gasteiger charge is 2.12. The van der Waals surface area contributed by atoms with Gasteiger partial charge in [-0.15, -0.1) is 11.3 Å². The van der Waals surface area contributed by atoms with Crippen molar-refractivity contribution in [2.45, 2.75) is 34.1 Å². The van der Waals surface area contributed by atoms with Crippen LogP contribution in [-0.2, 0) is 6.42 Å². The fraction of sp³-hybridized carbons (Fsp3) is 0.357. The minimum Gasteiger partial charge on any atom is -0.294 e. The molecule has 0 amide bonds. The Bertz CT molecular complexity index is 562. The molecule has 0 spiro atoms. The molecule has 0 saturated carbocycles. The Labute approximate surface area is 111 Å². The maximum atomic E-state index is 12.2. The Hall–Kier alpha value is -1.55. The first-order valence-electron chi connectivity index (χ1n) is 5.87. The van der Waals surface area contributed by atoms with Crippen LogP contribution < -0.4 is 0 Å². The second-order valence-corrected chi connectivity index (χ2v) is 5.78. The highest BCUT2D eigenvalue weighted by atomic mass is 32.1. The second-order valence-electron chi connectivity index (χ2n) is 4.49. The van der Waals surface area contributed by atoms with Crippen molar-refractivity contribution >= 4 is 17.1 Å². The zero-order valence-electron chi connectivity index (χ0n) is 11.1. The van der Waals surface area contributed by atoms with Crippen LogP contribution in [0, 0.1) is 27.7 Å². The summed E-state index contributed by atoms with van der Waals surface area (Å²) < 4.78 is 0. The van der Waals surface area contributed by atoms with Crippen LogP contribution in [0.1, 0.15) is 37.3 Å². The molecule has 2 aromatic rings. The van der Waals surface area contributed by atoms with Gasteiger partial charge in [0.1, 0.15) is 5.01 Å². The Kier molecular flexibility index (Phi) is 3.57. The van der Waals surface area contributed by atoms with E-state index in [4.69, 9.17) is 0 Å². The molecular weight excluding hydrogens is 244 g/mol. The summed E-state index contributed by atoms with van der Waals surface area (Å²) in [6.45, 7) is 7.81. The Morgan fingerprint density at radius 1 is 1.11 bits per heavy atom. The van der Waals surface area contributed by atoms with Gasteiger partial charge in [-0.2, -0.15) is 0 Å². The lowest BCUT2D eigenvalue weighted by Crippen LogP contribution is -2.05. The number of aryl methyl sites for hydroxylation is 4. The molecule has 0 atom stereocenters. The van der Waals surface area contributed by atoms with E-state index in [2.05, 4.69) is 9.97 Å². The summed E-state index contributed by atoms with van der Waals surface area (Å²) in [6, 6.07) is 3.67. The van der Waals surface area contributed by atoms with E-state index in [1.807, 2.05) is 39.8 Å². The number of pyridine rings is 1. The fourth-order valence-electron chi connectivity index (χ4n) is 1.85. The maximum absolute atomic E-state index is 12.2. The zero-order chi connectivity index (χ0) is 13.3. The number of carbonyl (C=O) groups is 1. The molecule has 2 heterocycles. The van der Waals surface area contributed by atoms with Gasteiger partial charge in [-0.1, -0.05) is 0 Å². The first kappa shape index (κ1) is 12.9. The van der Waals surface area contributed by atoms with Gasteiger partial charge < -0.3 is 0 Å². The van der Waals surface area contributed by atoms with Crippen LogP contribution in [0.4, 0.5) is 0 Å². The van der Waals surface area contributed by atoms with Crippen molar-refractivity contribution in [3.05, 3.63) is 44.7 Å². The van der Waals surface area contributed by atoms with Crippen molar-refractivity contribution in [3.63, 3.8) is 0 Å². The SMILES string of the molecule is Cc1cc(C(=O)Cc2nc(C)c(C)s2)cc(C)n1. The summed E-state index contributed by atoms with van der Waals surface area (Å²) in [6.07, 6.45) is 0.377.